The zero-order chi connectivity index (χ0) is 13.3. The molecule has 1 aliphatic rings. The maximum Gasteiger partial charge on any atom is 0.149 e. The van der Waals surface area contributed by atoms with Crippen LogP contribution in [0.3, 0.4) is 0 Å². The van der Waals surface area contributed by atoms with Crippen molar-refractivity contribution in [1.82, 2.24) is 9.88 Å². The Hall–Kier alpha value is -1.49. The van der Waals surface area contributed by atoms with E-state index in [0.29, 0.717) is 11.5 Å². The van der Waals surface area contributed by atoms with Gasteiger partial charge in [-0.05, 0) is 45.5 Å². The lowest BCUT2D eigenvalue weighted by Gasteiger charge is -2.49. The van der Waals surface area contributed by atoms with E-state index in [-0.39, 0.29) is 5.54 Å². The monoisotopic (exact) mass is 249 g/mol. The molecule has 1 aliphatic carbocycles. The predicted molar refractivity (Wildman–Crippen MR) is 76.6 cm³/mol. The smallest absolute Gasteiger partial charge is 0.149 e. The summed E-state index contributed by atoms with van der Waals surface area (Å²) in [5.41, 5.74) is 12.3. The van der Waals surface area contributed by atoms with Gasteiger partial charge in [-0.3, -0.25) is 0 Å². The molecule has 1 fully saturated rings. The molecule has 0 unspecified atom stereocenters. The van der Waals surface area contributed by atoms with Crippen molar-refractivity contribution in [3.63, 3.8) is 0 Å². The summed E-state index contributed by atoms with van der Waals surface area (Å²) in [5, 5.41) is 0. The van der Waals surface area contributed by atoms with Crippen molar-refractivity contribution < 1.29 is 0 Å². The van der Waals surface area contributed by atoms with Crippen molar-refractivity contribution in [2.75, 3.05) is 44.1 Å². The third-order valence-corrected chi connectivity index (χ3v) is 4.10. The van der Waals surface area contributed by atoms with Crippen LogP contribution < -0.4 is 16.4 Å². The minimum atomic E-state index is 0.284. The average Bonchev–Trinajstić information content (AvgIpc) is 2.26. The Labute approximate surface area is 109 Å². The molecule has 18 heavy (non-hydrogen) atoms. The van der Waals surface area contributed by atoms with Crippen molar-refractivity contribution in [3.8, 4) is 0 Å². The van der Waals surface area contributed by atoms with E-state index in [1.54, 1.807) is 0 Å². The van der Waals surface area contributed by atoms with Crippen LogP contribution in [0.4, 0.5) is 17.3 Å². The van der Waals surface area contributed by atoms with E-state index in [1.807, 2.05) is 12.1 Å². The number of anilines is 3. The number of hydrogen-bond acceptors (Lipinski definition) is 5. The molecule has 5 nitrogen and oxygen atoms in total. The Morgan fingerprint density at radius 1 is 1.22 bits per heavy atom. The van der Waals surface area contributed by atoms with Crippen LogP contribution in [0.5, 0.6) is 0 Å². The fourth-order valence-electron chi connectivity index (χ4n) is 2.54. The molecule has 0 bridgehead atoms. The van der Waals surface area contributed by atoms with Crippen molar-refractivity contribution in [1.29, 1.82) is 0 Å². The molecule has 0 aromatic carbocycles. The predicted octanol–water partition coefficient (Wildman–Crippen LogP) is 1.17. The van der Waals surface area contributed by atoms with Crippen LogP contribution in [0.15, 0.2) is 12.1 Å². The maximum atomic E-state index is 5.76. The second-order valence-corrected chi connectivity index (χ2v) is 5.47. The van der Waals surface area contributed by atoms with Crippen LogP contribution in [0.1, 0.15) is 19.3 Å². The minimum Gasteiger partial charge on any atom is -0.396 e. The van der Waals surface area contributed by atoms with E-state index in [2.05, 4.69) is 35.9 Å². The number of nitrogens with zero attached hydrogens (tertiary/aromatic N) is 3. The average molecular weight is 249 g/mol. The highest BCUT2D eigenvalue weighted by Gasteiger charge is 2.40. The summed E-state index contributed by atoms with van der Waals surface area (Å²) >= 11 is 0. The lowest BCUT2D eigenvalue weighted by molar-refractivity contribution is 0.0682. The van der Waals surface area contributed by atoms with E-state index < -0.39 is 0 Å². The SMILES string of the molecule is CN(CC1(N(C)C)CCC1)c1ccc(N)c(N)n1. The third-order valence-electron chi connectivity index (χ3n) is 4.10. The highest BCUT2D eigenvalue weighted by molar-refractivity contribution is 5.62. The molecule has 100 valence electrons. The van der Waals surface area contributed by atoms with Gasteiger partial charge in [-0.25, -0.2) is 4.98 Å². The number of aromatic nitrogens is 1. The molecule has 0 atom stereocenters. The Bertz CT molecular complexity index is 425. The van der Waals surface area contributed by atoms with Gasteiger partial charge < -0.3 is 21.3 Å². The second-order valence-electron chi connectivity index (χ2n) is 5.47. The minimum absolute atomic E-state index is 0.284. The van der Waals surface area contributed by atoms with E-state index in [1.165, 1.54) is 19.3 Å². The van der Waals surface area contributed by atoms with Gasteiger partial charge >= 0.3 is 0 Å². The fourth-order valence-corrected chi connectivity index (χ4v) is 2.54. The van der Waals surface area contributed by atoms with E-state index in [0.717, 1.165) is 12.4 Å². The van der Waals surface area contributed by atoms with Gasteiger partial charge in [-0.2, -0.15) is 0 Å². The first-order valence-electron chi connectivity index (χ1n) is 6.35. The number of rotatable bonds is 4. The summed E-state index contributed by atoms with van der Waals surface area (Å²) in [6.07, 6.45) is 3.80. The van der Waals surface area contributed by atoms with Gasteiger partial charge in [0.1, 0.15) is 11.6 Å². The first-order valence-corrected chi connectivity index (χ1v) is 6.35. The highest BCUT2D eigenvalue weighted by atomic mass is 15.3. The summed E-state index contributed by atoms with van der Waals surface area (Å²) < 4.78 is 0. The molecule has 4 N–H and O–H groups in total. The summed E-state index contributed by atoms with van der Waals surface area (Å²) in [6.45, 7) is 0.969. The van der Waals surface area contributed by atoms with Crippen LogP contribution in [0, 0.1) is 0 Å². The van der Waals surface area contributed by atoms with E-state index in [4.69, 9.17) is 11.5 Å². The molecular weight excluding hydrogens is 226 g/mol. The maximum absolute atomic E-state index is 5.76. The molecule has 1 aromatic rings. The van der Waals surface area contributed by atoms with Crippen molar-refractivity contribution in [2.45, 2.75) is 24.8 Å². The van der Waals surface area contributed by atoms with Gasteiger partial charge in [-0.15, -0.1) is 0 Å². The van der Waals surface area contributed by atoms with Gasteiger partial charge in [0.25, 0.3) is 0 Å². The van der Waals surface area contributed by atoms with Gasteiger partial charge in [0.05, 0.1) is 5.69 Å². The summed E-state index contributed by atoms with van der Waals surface area (Å²) in [5.74, 6) is 1.29. The summed E-state index contributed by atoms with van der Waals surface area (Å²) in [6, 6.07) is 3.74. The molecule has 1 aromatic heterocycles. The van der Waals surface area contributed by atoms with Crippen LogP contribution in [-0.4, -0.2) is 43.1 Å². The zero-order valence-electron chi connectivity index (χ0n) is 11.5. The first-order chi connectivity index (χ1) is 8.44. The number of hydrogen-bond donors (Lipinski definition) is 2. The van der Waals surface area contributed by atoms with E-state index in [9.17, 15) is 0 Å². The quantitative estimate of drug-likeness (QED) is 0.838. The summed E-state index contributed by atoms with van der Waals surface area (Å²) in [7, 11) is 6.36. The molecular formula is C13H23N5. The van der Waals surface area contributed by atoms with Crippen LogP contribution in [0.2, 0.25) is 0 Å². The molecule has 0 saturated heterocycles. The Morgan fingerprint density at radius 2 is 1.89 bits per heavy atom. The Kier molecular flexibility index (Phi) is 3.34. The number of nitrogen functional groups attached to an aromatic ring is 2. The third kappa shape index (κ3) is 2.22. The normalized spacial score (nSPS) is 17.6. The highest BCUT2D eigenvalue weighted by Crippen LogP contribution is 2.37. The second kappa shape index (κ2) is 4.65. The van der Waals surface area contributed by atoms with Gasteiger partial charge in [-0.1, -0.05) is 0 Å². The van der Waals surface area contributed by atoms with Crippen LogP contribution >= 0.6 is 0 Å². The van der Waals surface area contributed by atoms with E-state index >= 15 is 0 Å². The molecule has 0 spiro atoms. The lowest BCUT2D eigenvalue weighted by atomic mass is 9.75. The standard InChI is InChI=1S/C13H23N5/c1-17(2)13(7-4-8-13)9-18(3)11-6-5-10(14)12(15)16-11/h5-6H,4,7-9,14H2,1-3H3,(H2,15,16). The van der Waals surface area contributed by atoms with Crippen molar-refractivity contribution in [3.05, 3.63) is 12.1 Å². The fraction of sp³-hybridized carbons (Fsp3) is 0.615. The zero-order valence-corrected chi connectivity index (χ0v) is 11.5. The lowest BCUT2D eigenvalue weighted by Crippen LogP contribution is -2.56. The van der Waals surface area contributed by atoms with Crippen LogP contribution in [-0.2, 0) is 0 Å². The largest absolute Gasteiger partial charge is 0.396 e. The van der Waals surface area contributed by atoms with Gasteiger partial charge in [0.15, 0.2) is 0 Å². The number of pyridine rings is 1. The van der Waals surface area contributed by atoms with Gasteiger partial charge in [0, 0.05) is 19.1 Å². The Morgan fingerprint density at radius 3 is 2.33 bits per heavy atom. The molecule has 1 saturated carbocycles. The van der Waals surface area contributed by atoms with Crippen molar-refractivity contribution >= 4 is 17.3 Å². The Balaban J connectivity index is 2.11. The number of likely N-dealkylation sites (N-methyl/N-ethyl adjacent to an activating group) is 2. The molecule has 0 amide bonds. The molecule has 5 heteroatoms. The van der Waals surface area contributed by atoms with Crippen LogP contribution in [0.25, 0.3) is 0 Å². The van der Waals surface area contributed by atoms with Crippen molar-refractivity contribution in [2.24, 2.45) is 0 Å². The molecule has 1 heterocycles. The molecule has 2 rings (SSSR count). The molecule has 0 radical (unpaired) electrons. The number of nitrogens with two attached hydrogens (primary N) is 2. The summed E-state index contributed by atoms with van der Waals surface area (Å²) in [4.78, 5) is 8.82. The topological polar surface area (TPSA) is 71.4 Å². The van der Waals surface area contributed by atoms with Gasteiger partial charge in [0.2, 0.25) is 0 Å². The molecule has 0 aliphatic heterocycles. The first kappa shape index (κ1) is 13.0.